The van der Waals surface area contributed by atoms with Crippen LogP contribution in [0.1, 0.15) is 11.9 Å². The Morgan fingerprint density at radius 1 is 1.36 bits per heavy atom. The van der Waals surface area contributed by atoms with Gasteiger partial charge in [-0.2, -0.15) is 0 Å². The summed E-state index contributed by atoms with van der Waals surface area (Å²) >= 11 is 0. The van der Waals surface area contributed by atoms with Gasteiger partial charge in [-0.3, -0.25) is 19.8 Å². The molecule has 1 aliphatic rings. The number of aryl methyl sites for hydroxylation is 1. The molecule has 0 radical (unpaired) electrons. The largest absolute Gasteiger partial charge is 0.394 e. The molecule has 0 aliphatic carbocycles. The summed E-state index contributed by atoms with van der Waals surface area (Å²) in [6.07, 6.45) is -4.76. The van der Waals surface area contributed by atoms with Gasteiger partial charge in [0.15, 0.2) is 6.23 Å². The number of H-pyrrole nitrogens is 1. The summed E-state index contributed by atoms with van der Waals surface area (Å²) in [5.41, 5.74) is 3.28. The molecule has 0 bridgehead atoms. The SMILES string of the molecule is Cc1cc(=O)[nH]c(=O)n1[C@@H]1O[C@H](CO)[C@@H](O)[C@H]1O.NP(O)O. The Hall–Kier alpha value is -1.17. The molecule has 22 heavy (non-hydrogen) atoms. The summed E-state index contributed by atoms with van der Waals surface area (Å²) in [5, 5.41) is 28.4. The van der Waals surface area contributed by atoms with Crippen molar-refractivity contribution < 1.29 is 29.8 Å². The molecule has 0 amide bonds. The van der Waals surface area contributed by atoms with Crippen LogP contribution in [0.25, 0.3) is 0 Å². The van der Waals surface area contributed by atoms with Crippen molar-refractivity contribution in [2.45, 2.75) is 31.5 Å². The maximum Gasteiger partial charge on any atom is 0.330 e. The second-order valence-corrected chi connectivity index (χ2v) is 5.14. The van der Waals surface area contributed by atoms with Gasteiger partial charge in [0.2, 0.25) is 8.53 Å². The lowest BCUT2D eigenvalue weighted by Gasteiger charge is -2.19. The van der Waals surface area contributed by atoms with Crippen molar-refractivity contribution in [1.82, 2.24) is 9.55 Å². The maximum atomic E-state index is 11.7. The Morgan fingerprint density at radius 2 is 1.91 bits per heavy atom. The Morgan fingerprint density at radius 3 is 2.32 bits per heavy atom. The summed E-state index contributed by atoms with van der Waals surface area (Å²) in [4.78, 5) is 39.7. The quantitative estimate of drug-likeness (QED) is 0.269. The molecule has 126 valence electrons. The third kappa shape index (κ3) is 4.41. The number of aliphatic hydroxyl groups is 3. The summed E-state index contributed by atoms with van der Waals surface area (Å²) in [6.45, 7) is 1.03. The molecular weight excluding hydrogens is 321 g/mol. The molecule has 1 aromatic heterocycles. The summed E-state index contributed by atoms with van der Waals surface area (Å²) < 4.78 is 6.25. The van der Waals surface area contributed by atoms with Crippen LogP contribution in [-0.2, 0) is 4.74 Å². The number of aromatic amines is 1. The number of aromatic nitrogens is 2. The highest BCUT2D eigenvalue weighted by Gasteiger charge is 2.44. The second-order valence-electron chi connectivity index (χ2n) is 4.50. The molecule has 1 saturated heterocycles. The van der Waals surface area contributed by atoms with E-state index in [1.807, 2.05) is 4.98 Å². The van der Waals surface area contributed by atoms with Crippen LogP contribution in [-0.4, -0.2) is 59.6 Å². The topological polar surface area (TPSA) is 191 Å². The minimum atomic E-state index is -2.12. The lowest BCUT2D eigenvalue weighted by Crippen LogP contribution is -2.39. The molecule has 12 heteroatoms. The lowest BCUT2D eigenvalue weighted by atomic mass is 10.1. The van der Waals surface area contributed by atoms with Gasteiger partial charge in [-0.05, 0) is 6.92 Å². The minimum Gasteiger partial charge on any atom is -0.394 e. The molecule has 1 aliphatic heterocycles. The fraction of sp³-hybridized carbons (Fsp3) is 0.600. The zero-order chi connectivity index (χ0) is 17.0. The van der Waals surface area contributed by atoms with Crippen LogP contribution < -0.4 is 16.8 Å². The number of hydrogen-bond donors (Lipinski definition) is 7. The maximum absolute atomic E-state index is 11.7. The van der Waals surface area contributed by atoms with Gasteiger partial charge in [0.05, 0.1) is 6.61 Å². The Kier molecular flexibility index (Phi) is 6.78. The highest BCUT2D eigenvalue weighted by Crippen LogP contribution is 2.28. The van der Waals surface area contributed by atoms with Crippen LogP contribution in [0.5, 0.6) is 0 Å². The lowest BCUT2D eigenvalue weighted by molar-refractivity contribution is -0.0559. The first-order valence-corrected chi connectivity index (χ1v) is 7.38. The van der Waals surface area contributed by atoms with Crippen molar-refractivity contribution in [3.05, 3.63) is 32.6 Å². The van der Waals surface area contributed by atoms with Gasteiger partial charge in [-0.1, -0.05) is 0 Å². The van der Waals surface area contributed by atoms with E-state index in [0.29, 0.717) is 5.69 Å². The average Bonchev–Trinajstić information content (AvgIpc) is 2.65. The molecule has 2 heterocycles. The Balaban J connectivity index is 0.000000541. The third-order valence-electron chi connectivity index (χ3n) is 2.94. The molecule has 0 spiro atoms. The van der Waals surface area contributed by atoms with Crippen molar-refractivity contribution in [3.63, 3.8) is 0 Å². The van der Waals surface area contributed by atoms with Crippen molar-refractivity contribution in [1.29, 1.82) is 0 Å². The first-order valence-electron chi connectivity index (χ1n) is 6.06. The van der Waals surface area contributed by atoms with Crippen LogP contribution in [0.2, 0.25) is 0 Å². The van der Waals surface area contributed by atoms with E-state index in [1.54, 1.807) is 0 Å². The van der Waals surface area contributed by atoms with E-state index in [-0.39, 0.29) is 0 Å². The molecule has 11 nitrogen and oxygen atoms in total. The molecule has 0 unspecified atom stereocenters. The van der Waals surface area contributed by atoms with E-state index in [9.17, 15) is 19.8 Å². The molecule has 1 fully saturated rings. The van der Waals surface area contributed by atoms with E-state index in [2.05, 4.69) is 5.50 Å². The minimum absolute atomic E-state index is 0.290. The third-order valence-corrected chi connectivity index (χ3v) is 2.94. The van der Waals surface area contributed by atoms with Crippen LogP contribution in [0.4, 0.5) is 0 Å². The predicted octanol–water partition coefficient (Wildman–Crippen LogP) is -3.39. The molecule has 8 N–H and O–H groups in total. The van der Waals surface area contributed by atoms with Crippen LogP contribution in [0.15, 0.2) is 15.7 Å². The summed E-state index contributed by atoms with van der Waals surface area (Å²) in [7, 11) is -2.12. The fourth-order valence-corrected chi connectivity index (χ4v) is 2.03. The number of ether oxygens (including phenoxy) is 1. The van der Waals surface area contributed by atoms with Gasteiger partial charge in [-0.15, -0.1) is 0 Å². The molecule has 0 saturated carbocycles. The Bertz CT molecular complexity index is 600. The van der Waals surface area contributed by atoms with Crippen molar-refractivity contribution in [3.8, 4) is 0 Å². The van der Waals surface area contributed by atoms with E-state index in [4.69, 9.17) is 19.6 Å². The smallest absolute Gasteiger partial charge is 0.330 e. The number of nitrogens with one attached hydrogen (secondary N) is 1. The van der Waals surface area contributed by atoms with Crippen molar-refractivity contribution in [2.75, 3.05) is 6.61 Å². The van der Waals surface area contributed by atoms with Crippen molar-refractivity contribution in [2.24, 2.45) is 5.50 Å². The zero-order valence-electron chi connectivity index (χ0n) is 11.5. The van der Waals surface area contributed by atoms with E-state index in [0.717, 1.165) is 4.57 Å². The standard InChI is InChI=1S/C10H14N2O6.H4NO2P/c1-4-2-6(14)11-10(17)12(4)9-8(16)7(15)5(3-13)18-9;1-4(2)3/h2,5,7-9,13,15-16H,3H2,1H3,(H,11,14,17);2-3H,1H2/t5-,7-,8-,9-;/m1./s1. The van der Waals surface area contributed by atoms with Crippen molar-refractivity contribution >= 4 is 8.53 Å². The number of nitrogens with two attached hydrogens (primary N) is 1. The van der Waals surface area contributed by atoms with Gasteiger partial charge in [-0.25, -0.2) is 4.79 Å². The van der Waals surface area contributed by atoms with Gasteiger partial charge < -0.3 is 29.8 Å². The number of hydrogen-bond acceptors (Lipinski definition) is 9. The highest BCUT2D eigenvalue weighted by atomic mass is 31.2. The van der Waals surface area contributed by atoms with Crippen LogP contribution >= 0.6 is 8.53 Å². The monoisotopic (exact) mass is 339 g/mol. The predicted molar refractivity (Wildman–Crippen MR) is 74.6 cm³/mol. The van der Waals surface area contributed by atoms with Gasteiger partial charge >= 0.3 is 5.69 Å². The Labute approximate surface area is 125 Å². The molecule has 4 atom stereocenters. The fourth-order valence-electron chi connectivity index (χ4n) is 2.03. The van der Waals surface area contributed by atoms with E-state index >= 15 is 0 Å². The summed E-state index contributed by atoms with van der Waals surface area (Å²) in [6, 6.07) is 1.18. The van der Waals surface area contributed by atoms with Gasteiger partial charge in [0.25, 0.3) is 5.56 Å². The average molecular weight is 339 g/mol. The first kappa shape index (κ1) is 18.9. The van der Waals surface area contributed by atoms with Gasteiger partial charge in [0.1, 0.15) is 18.3 Å². The van der Waals surface area contributed by atoms with Gasteiger partial charge in [0, 0.05) is 11.8 Å². The zero-order valence-corrected chi connectivity index (χ0v) is 12.4. The van der Waals surface area contributed by atoms with E-state index in [1.165, 1.54) is 13.0 Å². The van der Waals surface area contributed by atoms with Crippen LogP contribution in [0, 0.1) is 6.92 Å². The number of aliphatic hydroxyl groups excluding tert-OH is 3. The van der Waals surface area contributed by atoms with E-state index < -0.39 is 50.9 Å². The molecular formula is C10H18N3O8P. The second kappa shape index (κ2) is 7.90. The molecule has 2 rings (SSSR count). The normalized spacial score (nSPS) is 27.6. The van der Waals surface area contributed by atoms with Crippen LogP contribution in [0.3, 0.4) is 0 Å². The highest BCUT2D eigenvalue weighted by molar-refractivity contribution is 7.42. The molecule has 1 aromatic rings. The number of rotatable bonds is 2. The number of nitrogens with zero attached hydrogens (tertiary/aromatic N) is 1. The molecule has 0 aromatic carbocycles. The summed E-state index contributed by atoms with van der Waals surface area (Å²) in [5.74, 6) is 0. The first-order chi connectivity index (χ1) is 10.2.